The third-order valence-corrected chi connectivity index (χ3v) is 9.74. The summed E-state index contributed by atoms with van der Waals surface area (Å²) in [5.74, 6) is 0.699. The van der Waals surface area contributed by atoms with Crippen LogP contribution >= 0.6 is 0 Å². The van der Waals surface area contributed by atoms with Gasteiger partial charge in [0.2, 0.25) is 11.9 Å². The van der Waals surface area contributed by atoms with Crippen molar-refractivity contribution in [2.24, 2.45) is 0 Å². The number of carbonyl (C=O) groups excluding carboxylic acids is 1. The van der Waals surface area contributed by atoms with Crippen LogP contribution in [0, 0.1) is 0 Å². The predicted octanol–water partition coefficient (Wildman–Crippen LogP) is 4.59. The molecule has 1 amide bonds. The molecule has 42 heavy (non-hydrogen) atoms. The minimum Gasteiger partial charge on any atom is -0.357 e. The molecule has 4 N–H and O–H groups in total. The lowest BCUT2D eigenvalue weighted by molar-refractivity contribution is -0.117. The van der Waals surface area contributed by atoms with E-state index >= 15 is 0 Å². The highest BCUT2D eigenvalue weighted by molar-refractivity contribution is 7.92. The van der Waals surface area contributed by atoms with E-state index in [1.807, 2.05) is 30.3 Å². The molecule has 2 aromatic heterocycles. The molecule has 11 nitrogen and oxygen atoms in total. The van der Waals surface area contributed by atoms with Crippen LogP contribution in [0.4, 0.5) is 28.8 Å². The van der Waals surface area contributed by atoms with Crippen LogP contribution in [-0.2, 0) is 14.6 Å². The summed E-state index contributed by atoms with van der Waals surface area (Å²) >= 11 is 0. The first-order valence-electron chi connectivity index (χ1n) is 14.1. The SMILES string of the molecule is CC(C)S(=O)(=O)c1ccccc1Nc1nc(Nc2cccc(NC(=O)CN3CCC(N(C)C)CC3)c2)nc2cc[nH]c12. The maximum absolute atomic E-state index is 13.0. The number of anilines is 5. The van der Waals surface area contributed by atoms with Gasteiger partial charge in [0.05, 0.1) is 27.9 Å². The molecule has 4 aromatic rings. The second-order valence-electron chi connectivity index (χ2n) is 11.1. The van der Waals surface area contributed by atoms with E-state index in [0.29, 0.717) is 52.4 Å². The van der Waals surface area contributed by atoms with Gasteiger partial charge in [-0.05, 0) is 77.2 Å². The molecule has 0 bridgehead atoms. The van der Waals surface area contributed by atoms with Crippen molar-refractivity contribution in [3.8, 4) is 0 Å². The Bertz CT molecular complexity index is 1660. The summed E-state index contributed by atoms with van der Waals surface area (Å²) in [7, 11) is 0.679. The highest BCUT2D eigenvalue weighted by Crippen LogP contribution is 2.31. The fourth-order valence-electron chi connectivity index (χ4n) is 5.09. The number of amides is 1. The van der Waals surface area contributed by atoms with Gasteiger partial charge in [0.25, 0.3) is 0 Å². The molecule has 1 saturated heterocycles. The predicted molar refractivity (Wildman–Crippen MR) is 167 cm³/mol. The molecule has 1 aliphatic rings. The van der Waals surface area contributed by atoms with E-state index in [4.69, 9.17) is 0 Å². The molecule has 0 atom stereocenters. The molecule has 0 unspecified atom stereocenters. The lowest BCUT2D eigenvalue weighted by atomic mass is 10.0. The fourth-order valence-corrected chi connectivity index (χ4v) is 6.29. The highest BCUT2D eigenvalue weighted by atomic mass is 32.2. The molecule has 0 radical (unpaired) electrons. The van der Waals surface area contributed by atoms with Gasteiger partial charge in [-0.2, -0.15) is 4.98 Å². The number of nitrogens with zero attached hydrogens (tertiary/aromatic N) is 4. The fraction of sp³-hybridized carbons (Fsp3) is 0.367. The molecule has 0 aliphatic carbocycles. The number of para-hydroxylation sites is 1. The second kappa shape index (κ2) is 12.5. The minimum atomic E-state index is -3.53. The summed E-state index contributed by atoms with van der Waals surface area (Å²) in [4.78, 5) is 29.8. The van der Waals surface area contributed by atoms with Crippen LogP contribution in [0.15, 0.2) is 65.7 Å². The van der Waals surface area contributed by atoms with Crippen molar-refractivity contribution in [1.29, 1.82) is 0 Å². The molecule has 3 heterocycles. The van der Waals surface area contributed by atoms with Gasteiger partial charge in [0, 0.05) is 36.7 Å². The number of hydrogen-bond acceptors (Lipinski definition) is 9. The number of aromatic amines is 1. The Balaban J connectivity index is 1.31. The Morgan fingerprint density at radius 2 is 1.76 bits per heavy atom. The molecule has 0 spiro atoms. The highest BCUT2D eigenvalue weighted by Gasteiger charge is 2.24. The van der Waals surface area contributed by atoms with Crippen LogP contribution < -0.4 is 16.0 Å². The van der Waals surface area contributed by atoms with E-state index in [2.05, 4.69) is 54.8 Å². The Kier molecular flexibility index (Phi) is 8.76. The molecular weight excluding hydrogens is 552 g/mol. The molecule has 222 valence electrons. The lowest BCUT2D eigenvalue weighted by Crippen LogP contribution is -2.44. The van der Waals surface area contributed by atoms with Crippen molar-refractivity contribution in [2.75, 3.05) is 49.7 Å². The molecule has 0 saturated carbocycles. The maximum Gasteiger partial charge on any atom is 0.238 e. The first kappa shape index (κ1) is 29.5. The zero-order valence-electron chi connectivity index (χ0n) is 24.4. The topological polar surface area (TPSA) is 135 Å². The number of benzene rings is 2. The van der Waals surface area contributed by atoms with E-state index in [1.165, 1.54) is 0 Å². The number of nitrogens with one attached hydrogen (secondary N) is 4. The third-order valence-electron chi connectivity index (χ3n) is 7.53. The van der Waals surface area contributed by atoms with E-state index < -0.39 is 15.1 Å². The molecule has 5 rings (SSSR count). The summed E-state index contributed by atoms with van der Waals surface area (Å²) in [6.07, 6.45) is 3.87. The van der Waals surface area contributed by atoms with Crippen LogP contribution in [0.2, 0.25) is 0 Å². The maximum atomic E-state index is 13.0. The number of aromatic nitrogens is 3. The van der Waals surface area contributed by atoms with Gasteiger partial charge in [-0.25, -0.2) is 13.4 Å². The van der Waals surface area contributed by atoms with Crippen LogP contribution in [0.25, 0.3) is 11.0 Å². The zero-order valence-corrected chi connectivity index (χ0v) is 25.2. The first-order chi connectivity index (χ1) is 20.1. The minimum absolute atomic E-state index is 0.0538. The summed E-state index contributed by atoms with van der Waals surface area (Å²) in [6, 6.07) is 16.6. The number of carbonyl (C=O) groups is 1. The van der Waals surface area contributed by atoms with Crippen LogP contribution in [0.5, 0.6) is 0 Å². The van der Waals surface area contributed by atoms with Crippen LogP contribution in [0.3, 0.4) is 0 Å². The monoisotopic (exact) mass is 590 g/mol. The van der Waals surface area contributed by atoms with Crippen molar-refractivity contribution in [3.63, 3.8) is 0 Å². The van der Waals surface area contributed by atoms with Gasteiger partial charge in [0.15, 0.2) is 15.7 Å². The van der Waals surface area contributed by atoms with Crippen molar-refractivity contribution < 1.29 is 13.2 Å². The molecular formula is C30H38N8O3S. The van der Waals surface area contributed by atoms with Gasteiger partial charge in [-0.15, -0.1) is 0 Å². The van der Waals surface area contributed by atoms with E-state index in [-0.39, 0.29) is 10.8 Å². The van der Waals surface area contributed by atoms with Gasteiger partial charge >= 0.3 is 0 Å². The Morgan fingerprint density at radius 3 is 2.50 bits per heavy atom. The van der Waals surface area contributed by atoms with Crippen LogP contribution in [0.1, 0.15) is 26.7 Å². The van der Waals surface area contributed by atoms with Crippen molar-refractivity contribution in [3.05, 3.63) is 60.8 Å². The largest absolute Gasteiger partial charge is 0.357 e. The van der Waals surface area contributed by atoms with Crippen LogP contribution in [-0.4, -0.2) is 84.1 Å². The summed E-state index contributed by atoms with van der Waals surface area (Å²) in [5, 5.41) is 8.86. The van der Waals surface area contributed by atoms with Crippen molar-refractivity contribution in [2.45, 2.75) is 42.9 Å². The number of hydrogen-bond donors (Lipinski definition) is 4. The average molecular weight is 591 g/mol. The number of H-pyrrole nitrogens is 1. The summed E-state index contributed by atoms with van der Waals surface area (Å²) in [5.41, 5.74) is 3.10. The Hall–Kier alpha value is -4.00. The number of piperidine rings is 1. The first-order valence-corrected chi connectivity index (χ1v) is 15.7. The molecule has 1 fully saturated rings. The van der Waals surface area contributed by atoms with E-state index in [9.17, 15) is 13.2 Å². The molecule has 12 heteroatoms. The summed E-state index contributed by atoms with van der Waals surface area (Å²) < 4.78 is 26.0. The van der Waals surface area contributed by atoms with Crippen molar-refractivity contribution >= 4 is 55.6 Å². The smallest absolute Gasteiger partial charge is 0.238 e. The second-order valence-corrected chi connectivity index (χ2v) is 13.5. The van der Waals surface area contributed by atoms with E-state index in [1.54, 1.807) is 44.3 Å². The summed E-state index contributed by atoms with van der Waals surface area (Å²) in [6.45, 7) is 5.48. The van der Waals surface area contributed by atoms with E-state index in [0.717, 1.165) is 25.9 Å². The normalized spacial score (nSPS) is 14.9. The average Bonchev–Trinajstić information content (AvgIpc) is 3.43. The third kappa shape index (κ3) is 6.72. The standard InChI is InChI=1S/C30H38N8O3S/c1-20(2)42(40,41)26-11-6-5-10-24(26)34-29-28-25(12-15-31-28)35-30(36-29)33-22-9-7-8-21(18-22)32-27(39)19-38-16-13-23(14-17-38)37(3)4/h5-12,15,18,20,23,31H,13-14,16-17,19H2,1-4H3,(H,32,39)(H2,33,34,35,36). The van der Waals surface area contributed by atoms with Gasteiger partial charge in [-0.3, -0.25) is 9.69 Å². The molecule has 1 aliphatic heterocycles. The Labute approximate surface area is 246 Å². The zero-order chi connectivity index (χ0) is 29.9. The van der Waals surface area contributed by atoms with Gasteiger partial charge in [0.1, 0.15) is 5.52 Å². The van der Waals surface area contributed by atoms with Crippen molar-refractivity contribution in [1.82, 2.24) is 24.8 Å². The Morgan fingerprint density at radius 1 is 1.02 bits per heavy atom. The van der Waals surface area contributed by atoms with Gasteiger partial charge in [-0.1, -0.05) is 18.2 Å². The lowest BCUT2D eigenvalue weighted by Gasteiger charge is -2.34. The number of likely N-dealkylation sites (tertiary alicyclic amines) is 1. The van der Waals surface area contributed by atoms with Gasteiger partial charge < -0.3 is 25.8 Å². The quantitative estimate of drug-likeness (QED) is 0.209. The number of rotatable bonds is 10. The molecule has 2 aromatic carbocycles. The number of fused-ring (bicyclic) bond motifs is 1. The number of sulfone groups is 1.